The maximum atomic E-state index is 11.1. The second-order valence-electron chi connectivity index (χ2n) is 7.98. The third-order valence-electron chi connectivity index (χ3n) is 5.49. The summed E-state index contributed by atoms with van der Waals surface area (Å²) in [5.74, 6) is -0.741. The second-order valence-corrected chi connectivity index (χ2v) is 7.98. The molecule has 0 aliphatic carbocycles. The molecule has 0 heterocycles. The van der Waals surface area contributed by atoms with Gasteiger partial charge in [0, 0.05) is 5.57 Å². The van der Waals surface area contributed by atoms with Crippen LogP contribution in [0.2, 0.25) is 0 Å². The molecule has 0 amide bonds. The van der Waals surface area contributed by atoms with Gasteiger partial charge in [0.2, 0.25) is 0 Å². The van der Waals surface area contributed by atoms with Gasteiger partial charge in [-0.2, -0.15) is 0 Å². The summed E-state index contributed by atoms with van der Waals surface area (Å²) in [7, 11) is 0. The lowest BCUT2D eigenvalue weighted by molar-refractivity contribution is -0.132. The Kier molecular flexibility index (Phi) is 18.4. The zero-order valence-electron chi connectivity index (χ0n) is 18.1. The number of unbranched alkanes of at least 4 members (excludes halogenated alkanes) is 14. The van der Waals surface area contributed by atoms with Crippen molar-refractivity contribution in [3.8, 4) is 0 Å². The molecule has 0 fully saturated rings. The minimum atomic E-state index is -0.741. The lowest BCUT2D eigenvalue weighted by atomic mass is 9.97. The van der Waals surface area contributed by atoms with Crippen LogP contribution in [-0.4, -0.2) is 11.1 Å². The van der Waals surface area contributed by atoms with E-state index in [1.165, 1.54) is 89.9 Å². The van der Waals surface area contributed by atoms with Gasteiger partial charge in [0.1, 0.15) is 0 Å². The smallest absolute Gasteiger partial charge is 0.331 e. The number of hydrogen-bond donors (Lipinski definition) is 1. The van der Waals surface area contributed by atoms with E-state index in [1.54, 1.807) is 6.92 Å². The van der Waals surface area contributed by atoms with E-state index in [2.05, 4.69) is 13.8 Å². The van der Waals surface area contributed by atoms with Crippen molar-refractivity contribution in [3.05, 3.63) is 11.1 Å². The molecule has 0 aliphatic heterocycles. The Hall–Kier alpha value is -0.790. The predicted molar refractivity (Wildman–Crippen MR) is 115 cm³/mol. The molecule has 2 heteroatoms. The Bertz CT molecular complexity index is 357. The summed E-state index contributed by atoms with van der Waals surface area (Å²) in [6, 6.07) is 0. The van der Waals surface area contributed by atoms with Gasteiger partial charge in [-0.05, 0) is 26.2 Å². The number of carboxylic acid groups (broad SMARTS) is 1. The number of carbonyl (C=O) groups is 1. The number of carboxylic acids is 1. The highest BCUT2D eigenvalue weighted by Gasteiger charge is 2.08. The first kappa shape index (κ1) is 25.2. The summed E-state index contributed by atoms with van der Waals surface area (Å²) < 4.78 is 0. The quantitative estimate of drug-likeness (QED) is 0.184. The van der Waals surface area contributed by atoms with Gasteiger partial charge in [-0.3, -0.25) is 0 Å². The zero-order chi connectivity index (χ0) is 19.5. The van der Waals surface area contributed by atoms with Crippen LogP contribution in [0.25, 0.3) is 0 Å². The normalized spacial score (nSPS) is 12.3. The van der Waals surface area contributed by atoms with E-state index in [0.717, 1.165) is 31.3 Å². The van der Waals surface area contributed by atoms with Gasteiger partial charge >= 0.3 is 5.97 Å². The van der Waals surface area contributed by atoms with Gasteiger partial charge in [-0.25, -0.2) is 4.79 Å². The second kappa shape index (κ2) is 19.0. The molecule has 2 nitrogen and oxygen atoms in total. The molecule has 1 N–H and O–H groups in total. The lowest BCUT2D eigenvalue weighted by Crippen LogP contribution is -2.01. The van der Waals surface area contributed by atoms with Crippen molar-refractivity contribution in [3.63, 3.8) is 0 Å². The standard InChI is InChI=1S/C24H46O2/c1-4-6-7-8-9-10-11-12-13-14-15-16-17-18-19-21-23(20-5-2)22(3)24(25)26/h4-21H2,1-3H3,(H,25,26). The van der Waals surface area contributed by atoms with Gasteiger partial charge in [0.15, 0.2) is 0 Å². The Morgan fingerprint density at radius 2 is 0.962 bits per heavy atom. The van der Waals surface area contributed by atoms with E-state index >= 15 is 0 Å². The minimum Gasteiger partial charge on any atom is -0.478 e. The summed E-state index contributed by atoms with van der Waals surface area (Å²) in [6.07, 6.45) is 23.6. The maximum absolute atomic E-state index is 11.1. The van der Waals surface area contributed by atoms with Crippen LogP contribution in [0.15, 0.2) is 11.1 Å². The van der Waals surface area contributed by atoms with Crippen molar-refractivity contribution in [1.29, 1.82) is 0 Å². The third kappa shape index (κ3) is 15.5. The number of rotatable bonds is 19. The molecular weight excluding hydrogens is 320 g/mol. The van der Waals surface area contributed by atoms with Crippen LogP contribution in [0.3, 0.4) is 0 Å². The largest absolute Gasteiger partial charge is 0.478 e. The number of aliphatic carboxylic acids is 1. The lowest BCUT2D eigenvalue weighted by Gasteiger charge is -2.09. The Labute approximate surface area is 163 Å². The van der Waals surface area contributed by atoms with E-state index in [-0.39, 0.29) is 0 Å². The number of hydrogen-bond acceptors (Lipinski definition) is 1. The van der Waals surface area contributed by atoms with Crippen LogP contribution in [0.5, 0.6) is 0 Å². The fraction of sp³-hybridized carbons (Fsp3) is 0.875. The van der Waals surface area contributed by atoms with Gasteiger partial charge in [0.25, 0.3) is 0 Å². The molecule has 0 atom stereocenters. The van der Waals surface area contributed by atoms with Crippen molar-refractivity contribution >= 4 is 5.97 Å². The molecule has 0 bridgehead atoms. The molecule has 0 aromatic heterocycles. The third-order valence-corrected chi connectivity index (χ3v) is 5.49. The zero-order valence-corrected chi connectivity index (χ0v) is 18.1. The fourth-order valence-electron chi connectivity index (χ4n) is 3.66. The topological polar surface area (TPSA) is 37.3 Å². The van der Waals surface area contributed by atoms with Crippen molar-refractivity contribution in [1.82, 2.24) is 0 Å². The molecule has 0 spiro atoms. The van der Waals surface area contributed by atoms with E-state index < -0.39 is 5.97 Å². The van der Waals surface area contributed by atoms with Crippen LogP contribution in [0, 0.1) is 0 Å². The molecule has 0 saturated carbocycles. The van der Waals surface area contributed by atoms with Crippen molar-refractivity contribution in [2.45, 2.75) is 136 Å². The Morgan fingerprint density at radius 3 is 1.31 bits per heavy atom. The van der Waals surface area contributed by atoms with Crippen molar-refractivity contribution < 1.29 is 9.90 Å². The van der Waals surface area contributed by atoms with Crippen LogP contribution < -0.4 is 0 Å². The molecule has 0 aliphatic rings. The van der Waals surface area contributed by atoms with Crippen LogP contribution in [0.4, 0.5) is 0 Å². The van der Waals surface area contributed by atoms with Crippen molar-refractivity contribution in [2.75, 3.05) is 0 Å². The monoisotopic (exact) mass is 366 g/mol. The van der Waals surface area contributed by atoms with Crippen LogP contribution >= 0.6 is 0 Å². The van der Waals surface area contributed by atoms with E-state index in [9.17, 15) is 4.79 Å². The van der Waals surface area contributed by atoms with E-state index in [1.807, 2.05) is 0 Å². The molecule has 26 heavy (non-hydrogen) atoms. The van der Waals surface area contributed by atoms with Crippen molar-refractivity contribution in [2.24, 2.45) is 0 Å². The molecule has 0 unspecified atom stereocenters. The molecule has 0 aromatic carbocycles. The molecule has 0 aromatic rings. The number of allylic oxidation sites excluding steroid dienone is 1. The molecule has 0 saturated heterocycles. The van der Waals surface area contributed by atoms with E-state index in [4.69, 9.17) is 5.11 Å². The Morgan fingerprint density at radius 1 is 0.577 bits per heavy atom. The van der Waals surface area contributed by atoms with E-state index in [0.29, 0.717) is 5.57 Å². The summed E-state index contributed by atoms with van der Waals surface area (Å²) >= 11 is 0. The van der Waals surface area contributed by atoms with Crippen LogP contribution in [0.1, 0.15) is 136 Å². The molecule has 0 rings (SSSR count). The maximum Gasteiger partial charge on any atom is 0.331 e. The van der Waals surface area contributed by atoms with Gasteiger partial charge in [-0.1, -0.05) is 116 Å². The summed E-state index contributed by atoms with van der Waals surface area (Å²) in [5, 5.41) is 9.15. The SMILES string of the molecule is CCCCCCCCCCCCCCCCCC(CCC)=C(C)C(=O)O. The summed E-state index contributed by atoms with van der Waals surface area (Å²) in [4.78, 5) is 11.1. The Balaban J connectivity index is 3.43. The van der Waals surface area contributed by atoms with Gasteiger partial charge in [0.05, 0.1) is 0 Å². The first-order valence-electron chi connectivity index (χ1n) is 11.5. The fourth-order valence-corrected chi connectivity index (χ4v) is 3.66. The summed E-state index contributed by atoms with van der Waals surface area (Å²) in [5.41, 5.74) is 1.74. The molecule has 0 radical (unpaired) electrons. The average molecular weight is 367 g/mol. The summed E-state index contributed by atoms with van der Waals surface area (Å²) in [6.45, 7) is 6.17. The predicted octanol–water partition coefficient (Wildman–Crippen LogP) is 8.45. The highest BCUT2D eigenvalue weighted by molar-refractivity contribution is 5.86. The first-order valence-corrected chi connectivity index (χ1v) is 11.5. The minimum absolute atomic E-state index is 0.581. The van der Waals surface area contributed by atoms with Gasteiger partial charge in [-0.15, -0.1) is 0 Å². The van der Waals surface area contributed by atoms with Crippen LogP contribution in [-0.2, 0) is 4.79 Å². The highest BCUT2D eigenvalue weighted by Crippen LogP contribution is 2.20. The molecule has 154 valence electrons. The highest BCUT2D eigenvalue weighted by atomic mass is 16.4. The first-order chi connectivity index (χ1) is 12.6. The van der Waals surface area contributed by atoms with Gasteiger partial charge < -0.3 is 5.11 Å². The average Bonchev–Trinajstić information content (AvgIpc) is 2.63. The molecular formula is C24H46O2.